The molecule has 244 valence electrons. The van der Waals surface area contributed by atoms with Crippen LogP contribution in [0.4, 0.5) is 0 Å². The van der Waals surface area contributed by atoms with Crippen LogP contribution in [0.3, 0.4) is 0 Å². The van der Waals surface area contributed by atoms with Gasteiger partial charge in [0.1, 0.15) is 23.4 Å². The zero-order valence-corrected chi connectivity index (χ0v) is 25.3. The van der Waals surface area contributed by atoms with Crippen molar-refractivity contribution in [1.82, 2.24) is 5.32 Å². The van der Waals surface area contributed by atoms with Gasteiger partial charge in [0.05, 0.1) is 54.3 Å². The number of phenols is 2. The summed E-state index contributed by atoms with van der Waals surface area (Å²) < 4.78 is 17.6. The van der Waals surface area contributed by atoms with Gasteiger partial charge in [-0.15, -0.1) is 0 Å². The van der Waals surface area contributed by atoms with Gasteiger partial charge in [-0.25, -0.2) is 0 Å². The number of methoxy groups -OCH3 is 1. The fraction of sp³-hybridized carbons (Fsp3) is 0.412. The molecule has 0 aromatic heterocycles. The SMILES string of the molecule is COc1cccc2c1C(=O)c1c(O)c3c(c(O)c1C2=O)CC(O)(C(O)CO)CC3OC1CC(NCc2ccccc2)C(O)C(C)O1. The molecule has 6 rings (SSSR count). The Morgan fingerprint density at radius 3 is 2.43 bits per heavy atom. The van der Waals surface area contributed by atoms with Crippen LogP contribution in [0.15, 0.2) is 48.5 Å². The average Bonchev–Trinajstić information content (AvgIpc) is 3.05. The second-order valence-corrected chi connectivity index (χ2v) is 12.2. The van der Waals surface area contributed by atoms with Crippen molar-refractivity contribution in [3.8, 4) is 17.2 Å². The highest BCUT2D eigenvalue weighted by atomic mass is 16.7. The lowest BCUT2D eigenvalue weighted by Crippen LogP contribution is -2.54. The molecule has 0 spiro atoms. The van der Waals surface area contributed by atoms with Crippen LogP contribution in [0.1, 0.15) is 74.4 Å². The van der Waals surface area contributed by atoms with Crippen molar-refractivity contribution in [3.05, 3.63) is 87.5 Å². The topological polar surface area (TPSA) is 195 Å². The van der Waals surface area contributed by atoms with Crippen LogP contribution in [0.2, 0.25) is 0 Å². The Bertz CT molecular complexity index is 1660. The molecule has 1 saturated heterocycles. The Kier molecular flexibility index (Phi) is 8.63. The van der Waals surface area contributed by atoms with E-state index in [1.54, 1.807) is 6.92 Å². The van der Waals surface area contributed by atoms with Gasteiger partial charge in [-0.2, -0.15) is 0 Å². The molecule has 3 aliphatic rings. The normalized spacial score (nSPS) is 27.8. The number of benzene rings is 3. The Hall–Kier alpha value is -3.88. The minimum absolute atomic E-state index is 0.0297. The summed E-state index contributed by atoms with van der Waals surface area (Å²) in [6.45, 7) is 1.31. The first-order chi connectivity index (χ1) is 22.0. The van der Waals surface area contributed by atoms with Crippen LogP contribution in [0.5, 0.6) is 17.2 Å². The first-order valence-corrected chi connectivity index (χ1v) is 15.1. The molecule has 1 aliphatic heterocycles. The summed E-state index contributed by atoms with van der Waals surface area (Å²) in [4.78, 5) is 27.5. The van der Waals surface area contributed by atoms with Crippen LogP contribution in [-0.4, -0.2) is 92.2 Å². The molecule has 46 heavy (non-hydrogen) atoms. The van der Waals surface area contributed by atoms with E-state index in [4.69, 9.17) is 14.2 Å². The smallest absolute Gasteiger partial charge is 0.202 e. The highest BCUT2D eigenvalue weighted by molar-refractivity contribution is 6.31. The largest absolute Gasteiger partial charge is 0.507 e. The highest BCUT2D eigenvalue weighted by Gasteiger charge is 2.50. The van der Waals surface area contributed by atoms with Gasteiger partial charge in [0, 0.05) is 48.5 Å². The maximum absolute atomic E-state index is 13.9. The molecule has 1 fully saturated rings. The van der Waals surface area contributed by atoms with Crippen LogP contribution >= 0.6 is 0 Å². The Balaban J connectivity index is 1.40. The van der Waals surface area contributed by atoms with Crippen LogP contribution in [-0.2, 0) is 22.4 Å². The second-order valence-electron chi connectivity index (χ2n) is 12.2. The third kappa shape index (κ3) is 5.35. The number of carbonyl (C=O) groups excluding carboxylic acids is 2. The molecule has 3 aromatic carbocycles. The molecule has 7 N–H and O–H groups in total. The fourth-order valence-corrected chi connectivity index (χ4v) is 6.86. The summed E-state index contributed by atoms with van der Waals surface area (Å²) in [5, 5.41) is 69.5. The van der Waals surface area contributed by atoms with Crippen molar-refractivity contribution in [2.24, 2.45) is 0 Å². The van der Waals surface area contributed by atoms with Crippen molar-refractivity contribution >= 4 is 11.6 Å². The molecular weight excluding hydrogens is 598 g/mol. The lowest BCUT2D eigenvalue weighted by atomic mass is 9.71. The van der Waals surface area contributed by atoms with E-state index in [9.17, 15) is 40.2 Å². The summed E-state index contributed by atoms with van der Waals surface area (Å²) in [6, 6.07) is 13.6. The monoisotopic (exact) mass is 635 g/mol. The van der Waals surface area contributed by atoms with Gasteiger partial charge >= 0.3 is 0 Å². The third-order valence-corrected chi connectivity index (χ3v) is 9.33. The zero-order chi connectivity index (χ0) is 32.9. The quantitative estimate of drug-likeness (QED) is 0.139. The Morgan fingerprint density at radius 1 is 1.02 bits per heavy atom. The molecule has 0 amide bonds. The molecule has 12 nitrogen and oxygen atoms in total. The van der Waals surface area contributed by atoms with Gasteiger partial charge in [0.15, 0.2) is 12.1 Å². The third-order valence-electron chi connectivity index (χ3n) is 9.33. The predicted molar refractivity (Wildman–Crippen MR) is 162 cm³/mol. The number of aliphatic hydroxyl groups excluding tert-OH is 3. The van der Waals surface area contributed by atoms with Crippen LogP contribution in [0, 0.1) is 0 Å². The van der Waals surface area contributed by atoms with E-state index < -0.39 is 89.6 Å². The van der Waals surface area contributed by atoms with Gasteiger partial charge in [-0.05, 0) is 18.6 Å². The number of ether oxygens (including phenoxy) is 3. The first kappa shape index (κ1) is 32.1. The molecule has 0 bridgehead atoms. The fourth-order valence-electron chi connectivity index (χ4n) is 6.86. The zero-order valence-electron chi connectivity index (χ0n) is 25.3. The molecule has 12 heteroatoms. The van der Waals surface area contributed by atoms with Gasteiger partial charge in [-0.3, -0.25) is 9.59 Å². The first-order valence-electron chi connectivity index (χ1n) is 15.1. The van der Waals surface area contributed by atoms with E-state index >= 15 is 0 Å². The Morgan fingerprint density at radius 2 is 1.74 bits per heavy atom. The standard InChI is InChI=1S/C34H37NO11/c1-16-29(38)20(35-14-17-7-4-3-5-8-17)11-24(45-16)46-22-13-34(43,23(37)15-36)12-19-26(22)33(42)28-27(31(19)40)30(39)18-9-6-10-21(44-2)25(18)32(28)41/h3-10,16,20,22-24,29,35-38,40,42-43H,11-15H2,1-2H3. The minimum Gasteiger partial charge on any atom is -0.507 e. The van der Waals surface area contributed by atoms with Crippen molar-refractivity contribution in [1.29, 1.82) is 0 Å². The molecule has 3 aromatic rings. The molecular formula is C34H37NO11. The minimum atomic E-state index is -2.06. The molecule has 1 heterocycles. The van der Waals surface area contributed by atoms with Gasteiger partial charge < -0.3 is 50.2 Å². The van der Waals surface area contributed by atoms with Crippen LogP contribution in [0.25, 0.3) is 0 Å². The number of nitrogens with one attached hydrogen (secondary N) is 1. The summed E-state index contributed by atoms with van der Waals surface area (Å²) in [6.07, 6.45) is -6.24. The highest BCUT2D eigenvalue weighted by Crippen LogP contribution is 2.53. The number of hydrogen-bond acceptors (Lipinski definition) is 12. The Labute approximate surface area is 264 Å². The van der Waals surface area contributed by atoms with E-state index in [0.717, 1.165) is 5.56 Å². The van der Waals surface area contributed by atoms with E-state index in [-0.39, 0.29) is 40.8 Å². The van der Waals surface area contributed by atoms with Crippen molar-refractivity contribution < 1.29 is 54.4 Å². The van der Waals surface area contributed by atoms with Crippen molar-refractivity contribution in [2.75, 3.05) is 13.7 Å². The number of hydrogen-bond donors (Lipinski definition) is 7. The van der Waals surface area contributed by atoms with E-state index in [2.05, 4.69) is 5.32 Å². The number of carbonyl (C=O) groups is 2. The number of phenolic OH excluding ortho intramolecular Hbond substituents is 2. The number of rotatable bonds is 8. The van der Waals surface area contributed by atoms with Crippen LogP contribution < -0.4 is 10.1 Å². The van der Waals surface area contributed by atoms with E-state index in [1.165, 1.54) is 25.3 Å². The summed E-state index contributed by atoms with van der Waals surface area (Å²) >= 11 is 0. The molecule has 0 saturated carbocycles. The van der Waals surface area contributed by atoms with Gasteiger partial charge in [0.25, 0.3) is 0 Å². The second kappa shape index (κ2) is 12.4. The number of ketones is 2. The van der Waals surface area contributed by atoms with Crippen molar-refractivity contribution in [2.45, 2.75) is 75.1 Å². The maximum Gasteiger partial charge on any atom is 0.202 e. The van der Waals surface area contributed by atoms with Crippen molar-refractivity contribution in [3.63, 3.8) is 0 Å². The number of aromatic hydroxyl groups is 2. The summed E-state index contributed by atoms with van der Waals surface area (Å²) in [7, 11) is 1.34. The van der Waals surface area contributed by atoms with E-state index in [0.29, 0.717) is 6.54 Å². The number of fused-ring (bicyclic) bond motifs is 3. The number of aliphatic hydroxyl groups is 4. The maximum atomic E-state index is 13.9. The lowest BCUT2D eigenvalue weighted by Gasteiger charge is -2.44. The van der Waals surface area contributed by atoms with Gasteiger partial charge in [-0.1, -0.05) is 42.5 Å². The summed E-state index contributed by atoms with van der Waals surface area (Å²) in [5.41, 5.74) is -2.20. The molecule has 7 atom stereocenters. The molecule has 7 unspecified atom stereocenters. The summed E-state index contributed by atoms with van der Waals surface area (Å²) in [5.74, 6) is -2.64. The van der Waals surface area contributed by atoms with Gasteiger partial charge in [0.2, 0.25) is 5.78 Å². The average molecular weight is 636 g/mol. The molecule has 0 radical (unpaired) electrons. The van der Waals surface area contributed by atoms with E-state index in [1.807, 2.05) is 30.3 Å². The lowest BCUT2D eigenvalue weighted by molar-refractivity contribution is -0.254. The predicted octanol–water partition coefficient (Wildman–Crippen LogP) is 1.62. The molecule has 2 aliphatic carbocycles.